The Morgan fingerprint density at radius 1 is 1.07 bits per heavy atom. The van der Waals surface area contributed by atoms with Gasteiger partial charge in [-0.3, -0.25) is 0 Å². The highest BCUT2D eigenvalue weighted by molar-refractivity contribution is 5.54. The predicted molar refractivity (Wildman–Crippen MR) is 99.4 cm³/mol. The topological polar surface area (TPSA) is 103 Å². The summed E-state index contributed by atoms with van der Waals surface area (Å²) in [6.45, 7) is 2.45. The number of para-hydroxylation sites is 1. The molecule has 0 saturated heterocycles. The van der Waals surface area contributed by atoms with Crippen LogP contribution in [-0.4, -0.2) is 32.4 Å². The van der Waals surface area contributed by atoms with E-state index in [1.165, 1.54) is 0 Å². The van der Waals surface area contributed by atoms with Crippen molar-refractivity contribution < 1.29 is 13.7 Å². The van der Waals surface area contributed by atoms with Gasteiger partial charge in [-0.2, -0.15) is 4.98 Å². The van der Waals surface area contributed by atoms with Crippen LogP contribution in [0.1, 0.15) is 17.6 Å². The van der Waals surface area contributed by atoms with Crippen molar-refractivity contribution in [2.45, 2.75) is 20.1 Å². The number of hydrogen-bond acceptors (Lipinski definition) is 9. The van der Waals surface area contributed by atoms with Crippen LogP contribution in [0, 0.1) is 6.92 Å². The van der Waals surface area contributed by atoms with Gasteiger partial charge in [-0.05, 0) is 24.3 Å². The van der Waals surface area contributed by atoms with Crippen LogP contribution >= 0.6 is 0 Å². The summed E-state index contributed by atoms with van der Waals surface area (Å²) in [7, 11) is 1.90. The van der Waals surface area contributed by atoms with Crippen molar-refractivity contribution >= 4 is 5.82 Å². The van der Waals surface area contributed by atoms with E-state index in [1.807, 2.05) is 54.4 Å². The molecule has 0 aliphatic rings. The van der Waals surface area contributed by atoms with Crippen molar-refractivity contribution in [1.82, 2.24) is 25.3 Å². The molecule has 4 rings (SSSR count). The number of pyridine rings is 1. The van der Waals surface area contributed by atoms with Gasteiger partial charge in [0.15, 0.2) is 6.61 Å². The molecule has 0 atom stereocenters. The fourth-order valence-electron chi connectivity index (χ4n) is 2.52. The fraction of sp³-hybridized carbons (Fsp3) is 0.211. The molecule has 0 fully saturated rings. The summed E-state index contributed by atoms with van der Waals surface area (Å²) in [5.74, 6) is 3.43. The molecular weight excluding hydrogens is 360 g/mol. The van der Waals surface area contributed by atoms with Crippen LogP contribution < -0.4 is 9.64 Å². The Balaban J connectivity index is 1.39. The minimum atomic E-state index is 0.228. The number of rotatable bonds is 7. The summed E-state index contributed by atoms with van der Waals surface area (Å²) in [5.41, 5.74) is 0.726. The van der Waals surface area contributed by atoms with Crippen LogP contribution in [0.25, 0.3) is 11.5 Å². The molecule has 0 N–H and O–H groups in total. The summed E-state index contributed by atoms with van der Waals surface area (Å²) in [4.78, 5) is 10.7. The van der Waals surface area contributed by atoms with Gasteiger partial charge in [0.25, 0.3) is 5.89 Å². The van der Waals surface area contributed by atoms with Gasteiger partial charge in [-0.1, -0.05) is 23.4 Å². The molecule has 142 valence electrons. The fourth-order valence-corrected chi connectivity index (χ4v) is 2.52. The van der Waals surface area contributed by atoms with Gasteiger partial charge in [0.1, 0.15) is 11.6 Å². The molecule has 0 amide bonds. The van der Waals surface area contributed by atoms with Crippen LogP contribution in [0.15, 0.2) is 57.6 Å². The second-order valence-electron chi connectivity index (χ2n) is 6.09. The first-order valence-corrected chi connectivity index (χ1v) is 8.64. The summed E-state index contributed by atoms with van der Waals surface area (Å²) in [6, 6.07) is 13.2. The molecule has 9 heteroatoms. The Morgan fingerprint density at radius 2 is 1.93 bits per heavy atom. The average molecular weight is 378 g/mol. The zero-order valence-corrected chi connectivity index (χ0v) is 15.4. The van der Waals surface area contributed by atoms with E-state index in [-0.39, 0.29) is 6.61 Å². The third kappa shape index (κ3) is 4.14. The van der Waals surface area contributed by atoms with Crippen molar-refractivity contribution in [2.75, 3.05) is 11.9 Å². The molecule has 9 nitrogen and oxygen atoms in total. The first-order valence-electron chi connectivity index (χ1n) is 8.64. The molecule has 0 radical (unpaired) electrons. The van der Waals surface area contributed by atoms with E-state index in [0.717, 1.165) is 17.1 Å². The first kappa shape index (κ1) is 17.7. The largest absolute Gasteiger partial charge is 0.485 e. The lowest BCUT2D eigenvalue weighted by molar-refractivity contribution is 0.287. The van der Waals surface area contributed by atoms with E-state index in [9.17, 15) is 0 Å². The molecule has 0 aliphatic heterocycles. The van der Waals surface area contributed by atoms with Gasteiger partial charge in [-0.15, -0.1) is 10.2 Å². The lowest BCUT2D eigenvalue weighted by Gasteiger charge is -2.15. The number of ether oxygens (including phenoxy) is 1. The summed E-state index contributed by atoms with van der Waals surface area (Å²) < 4.78 is 16.3. The zero-order valence-electron chi connectivity index (χ0n) is 15.4. The van der Waals surface area contributed by atoms with E-state index in [2.05, 4.69) is 25.3 Å². The quantitative estimate of drug-likeness (QED) is 0.480. The van der Waals surface area contributed by atoms with Gasteiger partial charge in [0, 0.05) is 20.2 Å². The van der Waals surface area contributed by atoms with E-state index in [0.29, 0.717) is 30.0 Å². The average Bonchev–Trinajstić information content (AvgIpc) is 3.36. The van der Waals surface area contributed by atoms with Crippen LogP contribution in [0.5, 0.6) is 5.75 Å². The number of hydrogen-bond donors (Lipinski definition) is 0. The highest BCUT2D eigenvalue weighted by Crippen LogP contribution is 2.20. The van der Waals surface area contributed by atoms with E-state index in [4.69, 9.17) is 13.7 Å². The molecule has 0 saturated carbocycles. The maximum atomic E-state index is 5.62. The molecular formula is C19H18N6O3. The minimum Gasteiger partial charge on any atom is -0.485 e. The molecule has 3 heterocycles. The van der Waals surface area contributed by atoms with Crippen LogP contribution in [-0.2, 0) is 13.2 Å². The van der Waals surface area contributed by atoms with Crippen molar-refractivity contribution in [2.24, 2.45) is 0 Å². The Labute approximate surface area is 161 Å². The van der Waals surface area contributed by atoms with Gasteiger partial charge in [0.05, 0.1) is 12.1 Å². The smallest absolute Gasteiger partial charge is 0.259 e. The van der Waals surface area contributed by atoms with E-state index in [1.54, 1.807) is 13.1 Å². The highest BCUT2D eigenvalue weighted by atomic mass is 16.5. The third-order valence-corrected chi connectivity index (χ3v) is 3.91. The Hall–Kier alpha value is -3.75. The Morgan fingerprint density at radius 3 is 2.64 bits per heavy atom. The second kappa shape index (κ2) is 7.87. The molecule has 0 aliphatic carbocycles. The number of nitrogens with zero attached hydrogens (tertiary/aromatic N) is 6. The molecule has 1 aromatic carbocycles. The SMILES string of the molecule is Cc1nnc(CN(C)c2ccc(-c3nc(COc4ccccc4)no3)cn2)o1. The Bertz CT molecular complexity index is 1030. The van der Waals surface area contributed by atoms with E-state index >= 15 is 0 Å². The lowest BCUT2D eigenvalue weighted by atomic mass is 10.3. The monoisotopic (exact) mass is 378 g/mol. The molecule has 3 aromatic heterocycles. The lowest BCUT2D eigenvalue weighted by Crippen LogP contribution is -2.17. The van der Waals surface area contributed by atoms with E-state index < -0.39 is 0 Å². The Kier molecular flexibility index (Phi) is 4.96. The molecule has 4 aromatic rings. The summed E-state index contributed by atoms with van der Waals surface area (Å²) >= 11 is 0. The number of anilines is 1. The molecule has 28 heavy (non-hydrogen) atoms. The van der Waals surface area contributed by atoms with Gasteiger partial charge in [-0.25, -0.2) is 4.98 Å². The molecule has 0 unspecified atom stereocenters. The maximum absolute atomic E-state index is 5.62. The normalized spacial score (nSPS) is 10.8. The van der Waals surface area contributed by atoms with Gasteiger partial charge < -0.3 is 18.6 Å². The van der Waals surface area contributed by atoms with Gasteiger partial charge in [0.2, 0.25) is 17.6 Å². The number of aromatic nitrogens is 5. The summed E-state index contributed by atoms with van der Waals surface area (Å²) in [6.07, 6.45) is 1.68. The molecule has 0 bridgehead atoms. The van der Waals surface area contributed by atoms with Crippen molar-refractivity contribution in [3.05, 3.63) is 66.3 Å². The summed E-state index contributed by atoms with van der Waals surface area (Å²) in [5, 5.41) is 11.8. The zero-order chi connectivity index (χ0) is 19.3. The number of aryl methyl sites for hydroxylation is 1. The molecule has 0 spiro atoms. The standard InChI is InChI=1S/C19H18N6O3/c1-13-22-23-18(27-13)11-25(2)17-9-8-14(10-20-17)19-21-16(24-28-19)12-26-15-6-4-3-5-7-15/h3-10H,11-12H2,1-2H3. The first-order chi connectivity index (χ1) is 13.7. The maximum Gasteiger partial charge on any atom is 0.259 e. The second-order valence-corrected chi connectivity index (χ2v) is 6.09. The highest BCUT2D eigenvalue weighted by Gasteiger charge is 2.12. The third-order valence-electron chi connectivity index (χ3n) is 3.91. The minimum absolute atomic E-state index is 0.228. The van der Waals surface area contributed by atoms with Crippen LogP contribution in [0.2, 0.25) is 0 Å². The predicted octanol–water partition coefficient (Wildman–Crippen LogP) is 3.04. The van der Waals surface area contributed by atoms with Gasteiger partial charge >= 0.3 is 0 Å². The van der Waals surface area contributed by atoms with Crippen LogP contribution in [0.4, 0.5) is 5.82 Å². The van der Waals surface area contributed by atoms with Crippen LogP contribution in [0.3, 0.4) is 0 Å². The van der Waals surface area contributed by atoms with Crippen molar-refractivity contribution in [1.29, 1.82) is 0 Å². The van der Waals surface area contributed by atoms with Crippen molar-refractivity contribution in [3.8, 4) is 17.2 Å². The van der Waals surface area contributed by atoms with Crippen molar-refractivity contribution in [3.63, 3.8) is 0 Å². The number of benzene rings is 1.